The summed E-state index contributed by atoms with van der Waals surface area (Å²) in [4.78, 5) is 31.3. The number of anilines is 1. The van der Waals surface area contributed by atoms with Crippen LogP contribution in [-0.4, -0.2) is 29.3 Å². The van der Waals surface area contributed by atoms with Gasteiger partial charge in [-0.3, -0.25) is 9.59 Å². The van der Waals surface area contributed by atoms with Crippen LogP contribution in [0.25, 0.3) is 11.3 Å². The number of para-hydroxylation sites is 1. The molecule has 1 aliphatic rings. The average Bonchev–Trinajstić information content (AvgIpc) is 3.46. The molecule has 2 aromatic carbocycles. The molecule has 1 aliphatic heterocycles. The number of nitrogens with zero attached hydrogens (tertiary/aromatic N) is 2. The minimum atomic E-state index is -0.494. The van der Waals surface area contributed by atoms with E-state index in [0.717, 1.165) is 42.3 Å². The van der Waals surface area contributed by atoms with Crippen molar-refractivity contribution in [2.24, 2.45) is 5.73 Å². The van der Waals surface area contributed by atoms with Gasteiger partial charge in [0, 0.05) is 24.6 Å². The number of nitrogens with two attached hydrogens (primary N) is 1. The Morgan fingerprint density at radius 3 is 2.56 bits per heavy atom. The molecule has 6 nitrogen and oxygen atoms in total. The molecule has 0 bridgehead atoms. The highest BCUT2D eigenvalue weighted by molar-refractivity contribution is 7.18. The minimum absolute atomic E-state index is 0.0484. The molecular weight excluding hydrogens is 422 g/mol. The Labute approximate surface area is 191 Å². The number of carbonyl (C=O) groups is 2. The van der Waals surface area contributed by atoms with Gasteiger partial charge in [-0.1, -0.05) is 36.1 Å². The van der Waals surface area contributed by atoms with Gasteiger partial charge in [0.2, 0.25) is 0 Å². The summed E-state index contributed by atoms with van der Waals surface area (Å²) in [5.41, 5.74) is 7.06. The summed E-state index contributed by atoms with van der Waals surface area (Å²) >= 11 is 1.31. The molecule has 0 saturated carbocycles. The van der Waals surface area contributed by atoms with Crippen molar-refractivity contribution in [3.63, 3.8) is 0 Å². The van der Waals surface area contributed by atoms with Crippen LogP contribution in [0.2, 0.25) is 0 Å². The van der Waals surface area contributed by atoms with E-state index in [-0.39, 0.29) is 11.8 Å². The van der Waals surface area contributed by atoms with Gasteiger partial charge < -0.3 is 15.4 Å². The Bertz CT molecular complexity index is 1110. The summed E-state index contributed by atoms with van der Waals surface area (Å²) in [7, 11) is 0. The van der Waals surface area contributed by atoms with E-state index >= 15 is 0 Å². The summed E-state index contributed by atoms with van der Waals surface area (Å²) in [6.45, 7) is 4.40. The Morgan fingerprint density at radius 2 is 1.88 bits per heavy atom. The highest BCUT2D eigenvalue weighted by atomic mass is 32.1. The Hall–Kier alpha value is -3.45. The van der Waals surface area contributed by atoms with E-state index in [9.17, 15) is 9.59 Å². The summed E-state index contributed by atoms with van der Waals surface area (Å²) < 4.78 is 5.85. The lowest BCUT2D eigenvalue weighted by molar-refractivity contribution is -0.114. The van der Waals surface area contributed by atoms with E-state index in [1.807, 2.05) is 54.6 Å². The highest BCUT2D eigenvalue weighted by Gasteiger charge is 2.29. The molecule has 7 heteroatoms. The third-order valence-electron chi connectivity index (χ3n) is 5.52. The number of amides is 1. The number of hydrogen-bond acceptors (Lipinski definition) is 6. The predicted molar refractivity (Wildman–Crippen MR) is 127 cm³/mol. The summed E-state index contributed by atoms with van der Waals surface area (Å²) in [6, 6.07) is 17.2. The molecule has 1 aromatic heterocycles. The van der Waals surface area contributed by atoms with Crippen molar-refractivity contribution in [1.82, 2.24) is 4.98 Å². The van der Waals surface area contributed by atoms with Crippen LogP contribution in [0, 0.1) is 0 Å². The van der Waals surface area contributed by atoms with Crippen molar-refractivity contribution in [1.29, 1.82) is 0 Å². The zero-order valence-electron chi connectivity index (χ0n) is 17.7. The van der Waals surface area contributed by atoms with E-state index in [4.69, 9.17) is 15.5 Å². The number of carbonyl (C=O) groups excluding carboxylic acids is 2. The lowest BCUT2D eigenvalue weighted by atomic mass is 10.1. The van der Waals surface area contributed by atoms with Crippen LogP contribution in [0.15, 0.2) is 67.3 Å². The number of hydrogen-bond donors (Lipinski definition) is 1. The number of benzene rings is 2. The van der Waals surface area contributed by atoms with Crippen LogP contribution in [0.4, 0.5) is 5.13 Å². The molecule has 1 atom stereocenters. The molecule has 0 unspecified atom stereocenters. The molecule has 3 aromatic rings. The minimum Gasteiger partial charge on any atom is -0.457 e. The first-order valence-corrected chi connectivity index (χ1v) is 11.4. The Morgan fingerprint density at radius 1 is 1.16 bits per heavy atom. The Kier molecular flexibility index (Phi) is 6.66. The van der Waals surface area contributed by atoms with Gasteiger partial charge in [-0.05, 0) is 61.7 Å². The SMILES string of the molecule is C=CC(=O)CC[C@H]1CCCN1c1nc(-c2ccc(Oc3ccccc3)cc2)c(C(N)=O)s1. The van der Waals surface area contributed by atoms with Gasteiger partial charge in [0.15, 0.2) is 10.9 Å². The zero-order chi connectivity index (χ0) is 22.5. The number of thiazole rings is 1. The number of rotatable bonds is 9. The Balaban J connectivity index is 1.56. The summed E-state index contributed by atoms with van der Waals surface area (Å²) in [5.74, 6) is 1.00. The van der Waals surface area contributed by atoms with Crippen LogP contribution in [0.3, 0.4) is 0 Å². The quantitative estimate of drug-likeness (QED) is 0.455. The molecular formula is C25H25N3O3S. The zero-order valence-corrected chi connectivity index (χ0v) is 18.5. The number of allylic oxidation sites excluding steroid dienone is 1. The molecule has 0 radical (unpaired) electrons. The largest absolute Gasteiger partial charge is 0.457 e. The van der Waals surface area contributed by atoms with Crippen molar-refractivity contribution in [3.8, 4) is 22.8 Å². The van der Waals surface area contributed by atoms with Crippen molar-refractivity contribution < 1.29 is 14.3 Å². The van der Waals surface area contributed by atoms with E-state index < -0.39 is 5.91 Å². The lowest BCUT2D eigenvalue weighted by Gasteiger charge is -2.23. The maximum absolute atomic E-state index is 12.2. The molecule has 1 fully saturated rings. The summed E-state index contributed by atoms with van der Waals surface area (Å²) in [5, 5.41) is 0.770. The molecule has 2 heterocycles. The third kappa shape index (κ3) is 4.89. The second-order valence-corrected chi connectivity index (χ2v) is 8.65. The number of ketones is 1. The van der Waals surface area contributed by atoms with E-state index in [1.54, 1.807) is 0 Å². The maximum Gasteiger partial charge on any atom is 0.261 e. The second kappa shape index (κ2) is 9.78. The topological polar surface area (TPSA) is 85.5 Å². The molecule has 4 rings (SSSR count). The molecule has 32 heavy (non-hydrogen) atoms. The molecule has 164 valence electrons. The fourth-order valence-electron chi connectivity index (χ4n) is 3.90. The van der Waals surface area contributed by atoms with Crippen molar-refractivity contribution in [2.75, 3.05) is 11.4 Å². The lowest BCUT2D eigenvalue weighted by Crippen LogP contribution is -2.29. The molecule has 1 amide bonds. The van der Waals surface area contributed by atoms with Gasteiger partial charge >= 0.3 is 0 Å². The molecule has 0 spiro atoms. The third-order valence-corrected chi connectivity index (χ3v) is 6.63. The van der Waals surface area contributed by atoms with Gasteiger partial charge in [0.25, 0.3) is 5.91 Å². The van der Waals surface area contributed by atoms with Crippen LogP contribution in [0.5, 0.6) is 11.5 Å². The first kappa shape index (κ1) is 21.8. The number of primary amides is 1. The summed E-state index contributed by atoms with van der Waals surface area (Å²) in [6.07, 6.45) is 4.61. The number of aromatic nitrogens is 1. The first-order chi connectivity index (χ1) is 15.5. The molecule has 0 aliphatic carbocycles. The van der Waals surface area contributed by atoms with Gasteiger partial charge in [0.05, 0.1) is 5.69 Å². The first-order valence-electron chi connectivity index (χ1n) is 10.6. The average molecular weight is 448 g/mol. The number of ether oxygens (including phenoxy) is 1. The van der Waals surface area contributed by atoms with Crippen molar-refractivity contribution in [2.45, 2.75) is 31.7 Å². The van der Waals surface area contributed by atoms with E-state index in [0.29, 0.717) is 22.7 Å². The van der Waals surface area contributed by atoms with E-state index in [2.05, 4.69) is 11.5 Å². The normalized spacial score (nSPS) is 15.5. The van der Waals surface area contributed by atoms with Crippen LogP contribution in [0.1, 0.15) is 35.4 Å². The monoisotopic (exact) mass is 447 g/mol. The predicted octanol–water partition coefficient (Wildman–Crippen LogP) is 5.21. The van der Waals surface area contributed by atoms with Crippen LogP contribution >= 0.6 is 11.3 Å². The van der Waals surface area contributed by atoms with Crippen LogP contribution < -0.4 is 15.4 Å². The standard InChI is InChI=1S/C25H25N3O3S/c1-2-19(29)13-12-18-7-6-16-28(18)25-27-22(23(32-25)24(26)30)17-10-14-21(15-11-17)31-20-8-4-3-5-9-20/h2-5,8-11,14-15,18H,1,6-7,12-13,16H2,(H2,26,30)/t18-/m1/s1. The van der Waals surface area contributed by atoms with Crippen molar-refractivity contribution in [3.05, 3.63) is 72.1 Å². The van der Waals surface area contributed by atoms with Gasteiger partial charge in [0.1, 0.15) is 16.4 Å². The van der Waals surface area contributed by atoms with Gasteiger partial charge in [-0.15, -0.1) is 0 Å². The fraction of sp³-hybridized carbons (Fsp3) is 0.240. The van der Waals surface area contributed by atoms with E-state index in [1.165, 1.54) is 17.4 Å². The van der Waals surface area contributed by atoms with Crippen molar-refractivity contribution >= 4 is 28.2 Å². The van der Waals surface area contributed by atoms with Gasteiger partial charge in [-0.2, -0.15) is 0 Å². The molecule has 2 N–H and O–H groups in total. The fourth-order valence-corrected chi connectivity index (χ4v) is 4.94. The molecule has 1 saturated heterocycles. The smallest absolute Gasteiger partial charge is 0.261 e. The van der Waals surface area contributed by atoms with Gasteiger partial charge in [-0.25, -0.2) is 4.98 Å². The van der Waals surface area contributed by atoms with Crippen LogP contribution in [-0.2, 0) is 4.79 Å². The second-order valence-electron chi connectivity index (χ2n) is 7.68. The highest BCUT2D eigenvalue weighted by Crippen LogP contribution is 2.37. The maximum atomic E-state index is 12.2.